The fraction of sp³-hybridized carbons (Fsp3) is 0.429. The summed E-state index contributed by atoms with van der Waals surface area (Å²) in [5.74, 6) is 0.714. The number of aryl methyl sites for hydroxylation is 2. The molecule has 0 saturated carbocycles. The van der Waals surface area contributed by atoms with E-state index in [4.69, 9.17) is 10.5 Å². The molecule has 3 N–H and O–H groups in total. The Labute approximate surface area is 156 Å². The summed E-state index contributed by atoms with van der Waals surface area (Å²) in [7, 11) is 0. The van der Waals surface area contributed by atoms with E-state index in [0.29, 0.717) is 18.7 Å². The molecular weight excluding hydrogens is 326 g/mol. The zero-order valence-corrected chi connectivity index (χ0v) is 16.1. The lowest BCUT2D eigenvalue weighted by Crippen LogP contribution is -2.52. The molecule has 1 aromatic carbocycles. The number of hydrogen-bond donors (Lipinski definition) is 2. The molecule has 0 aliphatic rings. The Kier molecular flexibility index (Phi) is 6.75. The molecule has 0 bridgehead atoms. The largest absolute Gasteiger partial charge is 0.488 e. The van der Waals surface area contributed by atoms with E-state index in [0.717, 1.165) is 35.3 Å². The van der Waals surface area contributed by atoms with Gasteiger partial charge in [0, 0.05) is 30.1 Å². The summed E-state index contributed by atoms with van der Waals surface area (Å²) in [5.41, 5.74) is 9.05. The summed E-state index contributed by atoms with van der Waals surface area (Å²) in [5, 5.41) is 3.11. The van der Waals surface area contributed by atoms with E-state index in [9.17, 15) is 4.79 Å². The van der Waals surface area contributed by atoms with Crippen molar-refractivity contribution >= 4 is 5.91 Å². The monoisotopic (exact) mass is 355 g/mol. The van der Waals surface area contributed by atoms with Crippen molar-refractivity contribution in [2.45, 2.75) is 52.7 Å². The summed E-state index contributed by atoms with van der Waals surface area (Å²) < 4.78 is 5.96. The molecule has 0 saturated heterocycles. The van der Waals surface area contributed by atoms with Crippen LogP contribution in [0.2, 0.25) is 0 Å². The van der Waals surface area contributed by atoms with Gasteiger partial charge in [-0.15, -0.1) is 0 Å². The second-order valence-corrected chi connectivity index (χ2v) is 6.73. The Balaban J connectivity index is 2.16. The summed E-state index contributed by atoms with van der Waals surface area (Å²) in [4.78, 5) is 16.8. The molecular formula is C21H29N3O2. The molecule has 0 fully saturated rings. The smallest absolute Gasteiger partial charge is 0.251 e. The number of benzene rings is 1. The van der Waals surface area contributed by atoms with Crippen LogP contribution in [0.3, 0.4) is 0 Å². The van der Waals surface area contributed by atoms with E-state index in [-0.39, 0.29) is 11.4 Å². The van der Waals surface area contributed by atoms with Gasteiger partial charge in [-0.25, -0.2) is 0 Å². The lowest BCUT2D eigenvalue weighted by atomic mass is 9.92. The van der Waals surface area contributed by atoms with Gasteiger partial charge in [-0.1, -0.05) is 19.9 Å². The van der Waals surface area contributed by atoms with Gasteiger partial charge in [0.05, 0.1) is 5.54 Å². The number of nitrogens with two attached hydrogens (primary N) is 1. The molecule has 5 nitrogen and oxygen atoms in total. The van der Waals surface area contributed by atoms with Gasteiger partial charge in [-0.05, 0) is 56.0 Å². The van der Waals surface area contributed by atoms with Gasteiger partial charge in [-0.3, -0.25) is 9.78 Å². The number of carbonyl (C=O) groups excluding carboxylic acids is 1. The van der Waals surface area contributed by atoms with Crippen LogP contribution in [0.4, 0.5) is 0 Å². The van der Waals surface area contributed by atoms with Crippen molar-refractivity contribution in [1.82, 2.24) is 10.3 Å². The number of nitrogens with one attached hydrogen (secondary N) is 1. The van der Waals surface area contributed by atoms with Crippen LogP contribution < -0.4 is 15.8 Å². The molecule has 1 amide bonds. The number of rotatable bonds is 8. The number of carbonyl (C=O) groups is 1. The highest BCUT2D eigenvalue weighted by Crippen LogP contribution is 2.26. The first-order chi connectivity index (χ1) is 12.4. The van der Waals surface area contributed by atoms with Crippen molar-refractivity contribution in [3.8, 4) is 5.75 Å². The van der Waals surface area contributed by atoms with Crippen LogP contribution in [-0.2, 0) is 6.61 Å². The summed E-state index contributed by atoms with van der Waals surface area (Å²) in [6.45, 7) is 8.88. The minimum atomic E-state index is -0.353. The van der Waals surface area contributed by atoms with Gasteiger partial charge in [-0.2, -0.15) is 0 Å². The lowest BCUT2D eigenvalue weighted by molar-refractivity contribution is 0.0895. The van der Waals surface area contributed by atoms with Crippen molar-refractivity contribution in [2.75, 3.05) is 6.54 Å². The van der Waals surface area contributed by atoms with Crippen LogP contribution in [0.5, 0.6) is 5.75 Å². The van der Waals surface area contributed by atoms with Crippen LogP contribution in [-0.4, -0.2) is 23.0 Å². The lowest BCUT2D eigenvalue weighted by Gasteiger charge is -2.31. The highest BCUT2D eigenvalue weighted by molar-refractivity contribution is 5.95. The molecule has 1 heterocycles. The van der Waals surface area contributed by atoms with Crippen molar-refractivity contribution in [3.05, 3.63) is 58.9 Å². The minimum absolute atomic E-state index is 0.0934. The molecule has 2 rings (SSSR count). The third-order valence-corrected chi connectivity index (χ3v) is 4.95. The molecule has 0 spiro atoms. The number of pyridine rings is 1. The van der Waals surface area contributed by atoms with Gasteiger partial charge < -0.3 is 15.8 Å². The summed E-state index contributed by atoms with van der Waals surface area (Å²) in [6.07, 6.45) is 5.13. The molecule has 5 heteroatoms. The second kappa shape index (κ2) is 8.81. The molecule has 26 heavy (non-hydrogen) atoms. The van der Waals surface area contributed by atoms with Gasteiger partial charge in [0.15, 0.2) is 0 Å². The maximum atomic E-state index is 12.7. The topological polar surface area (TPSA) is 77.2 Å². The first kappa shape index (κ1) is 19.9. The highest BCUT2D eigenvalue weighted by atomic mass is 16.5. The van der Waals surface area contributed by atoms with Gasteiger partial charge in [0.2, 0.25) is 0 Å². The van der Waals surface area contributed by atoms with E-state index in [1.807, 2.05) is 52.0 Å². The zero-order chi connectivity index (χ0) is 19.2. The predicted octanol–water partition coefficient (Wildman–Crippen LogP) is 3.52. The van der Waals surface area contributed by atoms with E-state index in [1.165, 1.54) is 0 Å². The number of ether oxygens (including phenoxy) is 1. The highest BCUT2D eigenvalue weighted by Gasteiger charge is 2.27. The van der Waals surface area contributed by atoms with Gasteiger partial charge in [0.25, 0.3) is 5.91 Å². The van der Waals surface area contributed by atoms with E-state index in [1.54, 1.807) is 12.4 Å². The van der Waals surface area contributed by atoms with Gasteiger partial charge >= 0.3 is 0 Å². The maximum absolute atomic E-state index is 12.7. The predicted molar refractivity (Wildman–Crippen MR) is 104 cm³/mol. The molecule has 0 unspecified atom stereocenters. The quantitative estimate of drug-likeness (QED) is 0.759. The minimum Gasteiger partial charge on any atom is -0.488 e. The molecule has 0 aliphatic heterocycles. The molecule has 0 radical (unpaired) electrons. The fourth-order valence-electron chi connectivity index (χ4n) is 3.03. The van der Waals surface area contributed by atoms with Crippen LogP contribution in [0.15, 0.2) is 36.7 Å². The molecule has 1 aromatic heterocycles. The Morgan fingerprint density at radius 2 is 1.88 bits per heavy atom. The third-order valence-electron chi connectivity index (χ3n) is 4.95. The van der Waals surface area contributed by atoms with E-state index < -0.39 is 0 Å². The van der Waals surface area contributed by atoms with Crippen LogP contribution in [0.25, 0.3) is 0 Å². The van der Waals surface area contributed by atoms with Crippen LogP contribution >= 0.6 is 0 Å². The SMILES string of the molecule is CCC(CC)(CN)NC(=O)c1cc(C)c(OCc2cccnc2)c(C)c1. The average Bonchev–Trinajstić information content (AvgIpc) is 2.66. The van der Waals surface area contributed by atoms with Crippen molar-refractivity contribution in [3.63, 3.8) is 0 Å². The standard InChI is InChI=1S/C21H29N3O2/c1-5-21(6-2,14-22)24-20(25)18-10-15(3)19(16(4)11-18)26-13-17-8-7-9-23-12-17/h7-12H,5-6,13-14,22H2,1-4H3,(H,24,25). The Morgan fingerprint density at radius 3 is 2.38 bits per heavy atom. The van der Waals surface area contributed by atoms with E-state index in [2.05, 4.69) is 10.3 Å². The van der Waals surface area contributed by atoms with Gasteiger partial charge in [0.1, 0.15) is 12.4 Å². The summed E-state index contributed by atoms with van der Waals surface area (Å²) >= 11 is 0. The number of amides is 1. The Hall–Kier alpha value is -2.40. The number of hydrogen-bond acceptors (Lipinski definition) is 4. The Bertz CT molecular complexity index is 709. The first-order valence-electron chi connectivity index (χ1n) is 9.10. The number of aromatic nitrogens is 1. The fourth-order valence-corrected chi connectivity index (χ4v) is 3.03. The zero-order valence-electron chi connectivity index (χ0n) is 16.1. The molecule has 0 atom stereocenters. The van der Waals surface area contributed by atoms with Crippen molar-refractivity contribution in [2.24, 2.45) is 5.73 Å². The maximum Gasteiger partial charge on any atom is 0.251 e. The van der Waals surface area contributed by atoms with Crippen LogP contribution in [0, 0.1) is 13.8 Å². The second-order valence-electron chi connectivity index (χ2n) is 6.73. The van der Waals surface area contributed by atoms with Crippen molar-refractivity contribution < 1.29 is 9.53 Å². The first-order valence-corrected chi connectivity index (χ1v) is 9.10. The molecule has 0 aliphatic carbocycles. The van der Waals surface area contributed by atoms with Crippen LogP contribution in [0.1, 0.15) is 53.7 Å². The third kappa shape index (κ3) is 4.61. The molecule has 140 valence electrons. The van der Waals surface area contributed by atoms with E-state index >= 15 is 0 Å². The normalized spacial score (nSPS) is 11.3. The van der Waals surface area contributed by atoms with Crippen molar-refractivity contribution in [1.29, 1.82) is 0 Å². The average molecular weight is 355 g/mol. The summed E-state index contributed by atoms with van der Waals surface area (Å²) in [6, 6.07) is 7.60. The Morgan fingerprint density at radius 1 is 1.23 bits per heavy atom. The molecule has 2 aromatic rings. The number of nitrogens with zero attached hydrogens (tertiary/aromatic N) is 1.